The van der Waals surface area contributed by atoms with E-state index in [9.17, 15) is 14.4 Å². The molecular formula is C24H25NO5. The number of methoxy groups -OCH3 is 1. The Kier molecular flexibility index (Phi) is 4.68. The van der Waals surface area contributed by atoms with Gasteiger partial charge in [-0.3, -0.25) is 9.59 Å². The minimum Gasteiger partial charge on any atom is -0.466 e. The number of ketones is 1. The second-order valence-corrected chi connectivity index (χ2v) is 8.94. The predicted molar refractivity (Wildman–Crippen MR) is 113 cm³/mol. The number of esters is 1. The normalized spacial score (nSPS) is 20.8. The number of Topliss-reactive ketones (excluding diaryl/α,β-unsaturated/α-hetero) is 1. The molecule has 1 aliphatic heterocycles. The Bertz CT molecular complexity index is 1210. The molecule has 1 aromatic heterocycles. The largest absolute Gasteiger partial charge is 0.466 e. The van der Waals surface area contributed by atoms with Gasteiger partial charge in [0.2, 0.25) is 0 Å². The van der Waals surface area contributed by atoms with Crippen molar-refractivity contribution in [3.63, 3.8) is 0 Å². The van der Waals surface area contributed by atoms with Crippen molar-refractivity contribution in [3.8, 4) is 0 Å². The summed E-state index contributed by atoms with van der Waals surface area (Å²) in [6.45, 7) is 7.73. The second kappa shape index (κ2) is 6.97. The van der Waals surface area contributed by atoms with Crippen LogP contribution in [0.2, 0.25) is 0 Å². The van der Waals surface area contributed by atoms with Crippen LogP contribution in [0.25, 0.3) is 11.0 Å². The molecule has 1 aromatic carbocycles. The first-order valence-corrected chi connectivity index (χ1v) is 9.97. The number of ether oxygens (including phenoxy) is 1. The zero-order chi connectivity index (χ0) is 21.8. The van der Waals surface area contributed by atoms with Crippen LogP contribution in [-0.4, -0.2) is 18.9 Å². The molecular weight excluding hydrogens is 382 g/mol. The molecule has 2 heterocycles. The van der Waals surface area contributed by atoms with Gasteiger partial charge in [0.05, 0.1) is 30.3 Å². The lowest BCUT2D eigenvalue weighted by Gasteiger charge is -2.39. The summed E-state index contributed by atoms with van der Waals surface area (Å²) in [5.74, 6) is -1.47. The Hall–Kier alpha value is -3.15. The monoisotopic (exact) mass is 407 g/mol. The highest BCUT2D eigenvalue weighted by molar-refractivity contribution is 6.04. The predicted octanol–water partition coefficient (Wildman–Crippen LogP) is 3.88. The van der Waals surface area contributed by atoms with Crippen molar-refractivity contribution in [2.45, 2.75) is 46.5 Å². The van der Waals surface area contributed by atoms with Crippen molar-refractivity contribution >= 4 is 22.7 Å². The van der Waals surface area contributed by atoms with E-state index in [-0.39, 0.29) is 27.8 Å². The molecule has 1 atom stereocenters. The summed E-state index contributed by atoms with van der Waals surface area (Å²) in [5, 5.41) is 3.67. The van der Waals surface area contributed by atoms with Gasteiger partial charge in [-0.15, -0.1) is 0 Å². The van der Waals surface area contributed by atoms with Crippen LogP contribution in [0.1, 0.15) is 50.7 Å². The Balaban J connectivity index is 2.01. The van der Waals surface area contributed by atoms with Crippen LogP contribution in [-0.2, 0) is 14.3 Å². The maximum Gasteiger partial charge on any atom is 0.336 e. The standard InChI is InChI=1S/C24H25NO5/c1-12-6-7-18-14(8-12)22(27)15(11-30-18)20-19(23(28)29-5)13(2)25-16-9-24(3,4)10-17(26)21(16)20/h6-8,11,20,25H,9-10H2,1-5H3. The van der Waals surface area contributed by atoms with Crippen molar-refractivity contribution in [2.24, 2.45) is 5.41 Å². The number of nitrogens with one attached hydrogen (secondary N) is 1. The van der Waals surface area contributed by atoms with Gasteiger partial charge in [0.25, 0.3) is 0 Å². The molecule has 2 aromatic rings. The molecule has 1 N–H and O–H groups in total. The quantitative estimate of drug-likeness (QED) is 0.761. The smallest absolute Gasteiger partial charge is 0.336 e. The Morgan fingerprint density at radius 3 is 2.63 bits per heavy atom. The van der Waals surface area contributed by atoms with Crippen LogP contribution in [0.15, 0.2) is 56.2 Å². The highest BCUT2D eigenvalue weighted by Gasteiger charge is 2.44. The van der Waals surface area contributed by atoms with Crippen molar-refractivity contribution in [1.82, 2.24) is 5.32 Å². The topological polar surface area (TPSA) is 85.6 Å². The molecule has 0 bridgehead atoms. The maximum atomic E-state index is 13.5. The lowest BCUT2D eigenvalue weighted by molar-refractivity contribution is -0.136. The number of hydrogen-bond acceptors (Lipinski definition) is 6. The Labute approximate surface area is 174 Å². The van der Waals surface area contributed by atoms with Crippen LogP contribution in [0.5, 0.6) is 0 Å². The number of hydrogen-bond donors (Lipinski definition) is 1. The highest BCUT2D eigenvalue weighted by atomic mass is 16.5. The number of benzene rings is 1. The fourth-order valence-corrected chi connectivity index (χ4v) is 4.59. The third-order valence-electron chi connectivity index (χ3n) is 5.91. The number of fused-ring (bicyclic) bond motifs is 1. The fourth-order valence-electron chi connectivity index (χ4n) is 4.59. The Morgan fingerprint density at radius 2 is 1.93 bits per heavy atom. The second-order valence-electron chi connectivity index (χ2n) is 8.94. The maximum absolute atomic E-state index is 13.5. The summed E-state index contributed by atoms with van der Waals surface area (Å²) in [6, 6.07) is 5.38. The van der Waals surface area contributed by atoms with E-state index in [0.717, 1.165) is 11.3 Å². The minimum atomic E-state index is -0.821. The molecule has 0 saturated carbocycles. The van der Waals surface area contributed by atoms with E-state index in [1.165, 1.54) is 13.4 Å². The SMILES string of the molecule is COC(=O)C1=C(C)NC2=C(C(=O)CC(C)(C)C2)C1c1coc2ccc(C)cc2c1=O. The summed E-state index contributed by atoms with van der Waals surface area (Å²) in [5.41, 5.74) is 3.28. The number of dihydropyridines is 1. The third-order valence-corrected chi connectivity index (χ3v) is 5.91. The van der Waals surface area contributed by atoms with Gasteiger partial charge >= 0.3 is 5.97 Å². The highest BCUT2D eigenvalue weighted by Crippen LogP contribution is 2.46. The first-order valence-electron chi connectivity index (χ1n) is 9.97. The summed E-state index contributed by atoms with van der Waals surface area (Å²) in [6.07, 6.45) is 2.37. The van der Waals surface area contributed by atoms with Gasteiger partial charge in [-0.05, 0) is 37.8 Å². The average molecular weight is 407 g/mol. The van der Waals surface area contributed by atoms with E-state index < -0.39 is 11.9 Å². The molecule has 30 heavy (non-hydrogen) atoms. The molecule has 1 aliphatic carbocycles. The number of aryl methyl sites for hydroxylation is 1. The summed E-state index contributed by atoms with van der Waals surface area (Å²) >= 11 is 0. The molecule has 6 heteroatoms. The van der Waals surface area contributed by atoms with E-state index >= 15 is 0 Å². The number of rotatable bonds is 2. The third kappa shape index (κ3) is 3.16. The van der Waals surface area contributed by atoms with Crippen LogP contribution in [0.3, 0.4) is 0 Å². The fraction of sp³-hybridized carbons (Fsp3) is 0.375. The number of carbonyl (C=O) groups excluding carboxylic acids is 2. The molecule has 2 aliphatic rings. The molecule has 0 spiro atoms. The molecule has 0 amide bonds. The molecule has 6 nitrogen and oxygen atoms in total. The van der Waals surface area contributed by atoms with Gasteiger partial charge < -0.3 is 14.5 Å². The molecule has 1 unspecified atom stereocenters. The van der Waals surface area contributed by atoms with Crippen LogP contribution in [0.4, 0.5) is 0 Å². The first kappa shape index (κ1) is 20.1. The van der Waals surface area contributed by atoms with E-state index in [2.05, 4.69) is 5.32 Å². The molecule has 0 saturated heterocycles. The van der Waals surface area contributed by atoms with Crippen LogP contribution in [0, 0.1) is 12.3 Å². The first-order chi connectivity index (χ1) is 14.1. The van der Waals surface area contributed by atoms with Gasteiger partial charge in [-0.1, -0.05) is 25.5 Å². The van der Waals surface area contributed by atoms with Crippen molar-refractivity contribution in [1.29, 1.82) is 0 Å². The van der Waals surface area contributed by atoms with E-state index in [1.807, 2.05) is 26.8 Å². The minimum absolute atomic E-state index is 0.0728. The van der Waals surface area contributed by atoms with E-state index in [0.29, 0.717) is 35.1 Å². The van der Waals surface area contributed by atoms with Gasteiger partial charge in [-0.2, -0.15) is 0 Å². The lowest BCUT2D eigenvalue weighted by Crippen LogP contribution is -2.39. The van der Waals surface area contributed by atoms with Gasteiger partial charge in [0.1, 0.15) is 5.58 Å². The molecule has 4 rings (SSSR count). The number of allylic oxidation sites excluding steroid dienone is 3. The van der Waals surface area contributed by atoms with Gasteiger partial charge in [0.15, 0.2) is 11.2 Å². The summed E-state index contributed by atoms with van der Waals surface area (Å²) in [4.78, 5) is 39.4. The van der Waals surface area contributed by atoms with E-state index in [1.54, 1.807) is 19.1 Å². The summed E-state index contributed by atoms with van der Waals surface area (Å²) in [7, 11) is 1.29. The summed E-state index contributed by atoms with van der Waals surface area (Å²) < 4.78 is 10.8. The molecule has 156 valence electrons. The van der Waals surface area contributed by atoms with Gasteiger partial charge in [-0.25, -0.2) is 4.79 Å². The average Bonchev–Trinajstić information content (AvgIpc) is 2.66. The van der Waals surface area contributed by atoms with Crippen LogP contribution < -0.4 is 10.7 Å². The Morgan fingerprint density at radius 1 is 1.20 bits per heavy atom. The van der Waals surface area contributed by atoms with Crippen LogP contribution >= 0.6 is 0 Å². The van der Waals surface area contributed by atoms with E-state index in [4.69, 9.17) is 9.15 Å². The molecule has 0 fully saturated rings. The molecule has 0 radical (unpaired) electrons. The zero-order valence-electron chi connectivity index (χ0n) is 17.8. The van der Waals surface area contributed by atoms with Crippen molar-refractivity contribution < 1.29 is 18.7 Å². The number of carbonyl (C=O) groups is 2. The van der Waals surface area contributed by atoms with Crippen molar-refractivity contribution in [2.75, 3.05) is 7.11 Å². The van der Waals surface area contributed by atoms with Gasteiger partial charge in [0, 0.05) is 29.0 Å². The zero-order valence-corrected chi connectivity index (χ0v) is 17.8. The lowest BCUT2D eigenvalue weighted by atomic mass is 9.68. The van der Waals surface area contributed by atoms with Crippen molar-refractivity contribution in [3.05, 3.63) is 68.4 Å².